The molecule has 0 fully saturated rings. The van der Waals surface area contributed by atoms with Gasteiger partial charge in [-0.25, -0.2) is 0 Å². The van der Waals surface area contributed by atoms with Crippen LogP contribution in [0.4, 0.5) is 0 Å². The van der Waals surface area contributed by atoms with E-state index in [1.54, 1.807) is 0 Å². The average Bonchev–Trinajstić information content (AvgIpc) is 2.80. The zero-order chi connectivity index (χ0) is 13.7. The number of para-hydroxylation sites is 1. The molecule has 5 heteroatoms. The van der Waals surface area contributed by atoms with E-state index >= 15 is 0 Å². The molecule has 0 aliphatic carbocycles. The Bertz CT molecular complexity index is 550. The molecule has 0 radical (unpaired) electrons. The standard InChI is InChI=1S/C14H19N3O2/c1-12(7-11-17(18)19)6-9-15-16-10-8-13-4-2-3-5-14(13)16/h2-5,8,10,12,15H,6-7,9,11H2,1H3. The number of nitrogens with one attached hydrogen (secondary N) is 1. The fourth-order valence-corrected chi connectivity index (χ4v) is 2.12. The maximum Gasteiger partial charge on any atom is 0.204 e. The molecule has 2 rings (SSSR count). The molecule has 0 bridgehead atoms. The molecule has 0 aliphatic rings. The largest absolute Gasteiger partial charge is 0.326 e. The van der Waals surface area contributed by atoms with E-state index in [4.69, 9.17) is 0 Å². The Morgan fingerprint density at radius 1 is 1.32 bits per heavy atom. The summed E-state index contributed by atoms with van der Waals surface area (Å²) in [6.45, 7) is 2.93. The molecule has 0 saturated carbocycles. The molecule has 19 heavy (non-hydrogen) atoms. The van der Waals surface area contributed by atoms with Gasteiger partial charge in [-0.05, 0) is 24.5 Å². The van der Waals surface area contributed by atoms with E-state index in [0.717, 1.165) is 18.5 Å². The van der Waals surface area contributed by atoms with Crippen LogP contribution in [0.15, 0.2) is 36.5 Å². The van der Waals surface area contributed by atoms with Crippen molar-refractivity contribution in [2.24, 2.45) is 5.92 Å². The van der Waals surface area contributed by atoms with Gasteiger partial charge < -0.3 is 5.43 Å². The number of benzene rings is 1. The first-order valence-electron chi connectivity index (χ1n) is 6.58. The highest BCUT2D eigenvalue weighted by molar-refractivity contribution is 5.80. The normalized spacial score (nSPS) is 12.5. The van der Waals surface area contributed by atoms with Gasteiger partial charge in [0.05, 0.1) is 5.52 Å². The third-order valence-electron chi connectivity index (χ3n) is 3.32. The van der Waals surface area contributed by atoms with Crippen molar-refractivity contribution in [3.8, 4) is 0 Å². The molecule has 0 aliphatic heterocycles. The van der Waals surface area contributed by atoms with Gasteiger partial charge in [0, 0.05) is 29.5 Å². The van der Waals surface area contributed by atoms with Gasteiger partial charge in [0.15, 0.2) is 0 Å². The number of nitrogens with zero attached hydrogens (tertiary/aromatic N) is 2. The Balaban J connectivity index is 1.81. The van der Waals surface area contributed by atoms with E-state index in [1.165, 1.54) is 5.39 Å². The summed E-state index contributed by atoms with van der Waals surface area (Å²) < 4.78 is 2.01. The van der Waals surface area contributed by atoms with Gasteiger partial charge in [-0.2, -0.15) is 0 Å². The van der Waals surface area contributed by atoms with Crippen LogP contribution < -0.4 is 5.43 Å². The lowest BCUT2D eigenvalue weighted by Crippen LogP contribution is -2.17. The minimum atomic E-state index is -0.247. The lowest BCUT2D eigenvalue weighted by Gasteiger charge is -2.12. The van der Waals surface area contributed by atoms with Crippen molar-refractivity contribution < 1.29 is 4.92 Å². The van der Waals surface area contributed by atoms with Crippen LogP contribution in [-0.2, 0) is 0 Å². The number of rotatable bonds is 7. The molecule has 1 N–H and O–H groups in total. The molecule has 1 heterocycles. The van der Waals surface area contributed by atoms with Crippen molar-refractivity contribution >= 4 is 10.9 Å². The molecule has 0 spiro atoms. The second-order valence-corrected chi connectivity index (χ2v) is 4.89. The molecule has 2 aromatic rings. The summed E-state index contributed by atoms with van der Waals surface area (Å²) in [6, 6.07) is 10.2. The first-order valence-corrected chi connectivity index (χ1v) is 6.58. The van der Waals surface area contributed by atoms with Crippen LogP contribution >= 0.6 is 0 Å². The third-order valence-corrected chi connectivity index (χ3v) is 3.32. The van der Waals surface area contributed by atoms with E-state index in [2.05, 4.69) is 30.5 Å². The molecule has 5 nitrogen and oxygen atoms in total. The highest BCUT2D eigenvalue weighted by Crippen LogP contribution is 2.14. The third kappa shape index (κ3) is 3.71. The number of hydrogen-bond donors (Lipinski definition) is 1. The van der Waals surface area contributed by atoms with Crippen LogP contribution in [0.25, 0.3) is 10.9 Å². The molecule has 1 aromatic carbocycles. The number of aromatic nitrogens is 1. The fraction of sp³-hybridized carbons (Fsp3) is 0.429. The van der Waals surface area contributed by atoms with Crippen molar-refractivity contribution in [2.45, 2.75) is 19.8 Å². The van der Waals surface area contributed by atoms with Gasteiger partial charge in [0.25, 0.3) is 0 Å². The summed E-state index contributed by atoms with van der Waals surface area (Å²) in [6.07, 6.45) is 3.58. The van der Waals surface area contributed by atoms with Crippen molar-refractivity contribution in [1.29, 1.82) is 0 Å². The van der Waals surface area contributed by atoms with Gasteiger partial charge in [0.2, 0.25) is 6.54 Å². The second kappa shape index (κ2) is 6.22. The van der Waals surface area contributed by atoms with Crippen molar-refractivity contribution in [1.82, 2.24) is 4.68 Å². The monoisotopic (exact) mass is 261 g/mol. The summed E-state index contributed by atoms with van der Waals surface area (Å²) in [5, 5.41) is 11.5. The number of hydrogen-bond acceptors (Lipinski definition) is 3. The second-order valence-electron chi connectivity index (χ2n) is 4.89. The Kier molecular flexibility index (Phi) is 4.39. The summed E-state index contributed by atoms with van der Waals surface area (Å²) in [5.41, 5.74) is 4.49. The van der Waals surface area contributed by atoms with Gasteiger partial charge in [0.1, 0.15) is 0 Å². The summed E-state index contributed by atoms with van der Waals surface area (Å²) in [4.78, 5) is 10.0. The summed E-state index contributed by atoms with van der Waals surface area (Å²) in [5.74, 6) is 0.361. The van der Waals surface area contributed by atoms with Crippen molar-refractivity contribution in [2.75, 3.05) is 18.5 Å². The molecule has 102 valence electrons. The smallest absolute Gasteiger partial charge is 0.204 e. The quantitative estimate of drug-likeness (QED) is 0.616. The summed E-state index contributed by atoms with van der Waals surface area (Å²) >= 11 is 0. The predicted octanol–water partition coefficient (Wildman–Crippen LogP) is 2.88. The Labute approximate surface area is 112 Å². The first-order chi connectivity index (χ1) is 9.16. The lowest BCUT2D eigenvalue weighted by molar-refractivity contribution is -0.481. The molecule has 1 atom stereocenters. The molecule has 1 aromatic heterocycles. The average molecular weight is 261 g/mol. The number of nitro groups is 1. The van der Waals surface area contributed by atoms with Crippen molar-refractivity contribution in [3.05, 3.63) is 46.6 Å². The van der Waals surface area contributed by atoms with Crippen LogP contribution in [0, 0.1) is 16.0 Å². The van der Waals surface area contributed by atoms with Crippen LogP contribution in [0.5, 0.6) is 0 Å². The zero-order valence-corrected chi connectivity index (χ0v) is 11.1. The van der Waals surface area contributed by atoms with Gasteiger partial charge in [-0.1, -0.05) is 25.1 Å². The molecule has 1 unspecified atom stereocenters. The molecule has 0 saturated heterocycles. The highest BCUT2D eigenvalue weighted by Gasteiger charge is 2.06. The highest BCUT2D eigenvalue weighted by atomic mass is 16.6. The maximum atomic E-state index is 10.3. The van der Waals surface area contributed by atoms with Crippen LogP contribution in [0.3, 0.4) is 0 Å². The SMILES string of the molecule is CC(CCNn1ccc2ccccc21)CC[N+](=O)[O-]. The van der Waals surface area contributed by atoms with E-state index in [1.807, 2.05) is 23.0 Å². The van der Waals surface area contributed by atoms with Crippen molar-refractivity contribution in [3.63, 3.8) is 0 Å². The van der Waals surface area contributed by atoms with Gasteiger partial charge >= 0.3 is 0 Å². The van der Waals surface area contributed by atoms with Gasteiger partial charge in [-0.15, -0.1) is 0 Å². The van der Waals surface area contributed by atoms with E-state index in [0.29, 0.717) is 12.3 Å². The maximum absolute atomic E-state index is 10.3. The number of fused-ring (bicyclic) bond motifs is 1. The first kappa shape index (κ1) is 13.4. The van der Waals surface area contributed by atoms with E-state index < -0.39 is 0 Å². The fourth-order valence-electron chi connectivity index (χ4n) is 2.12. The zero-order valence-electron chi connectivity index (χ0n) is 11.1. The molecule has 0 amide bonds. The predicted molar refractivity (Wildman–Crippen MR) is 76.4 cm³/mol. The Morgan fingerprint density at radius 2 is 2.11 bits per heavy atom. The van der Waals surface area contributed by atoms with Crippen LogP contribution in [0.1, 0.15) is 19.8 Å². The lowest BCUT2D eigenvalue weighted by atomic mass is 10.0. The van der Waals surface area contributed by atoms with Crippen LogP contribution in [0.2, 0.25) is 0 Å². The Hall–Kier alpha value is -2.04. The minimum absolute atomic E-state index is 0.0631. The Morgan fingerprint density at radius 3 is 2.89 bits per heavy atom. The van der Waals surface area contributed by atoms with E-state index in [9.17, 15) is 10.1 Å². The van der Waals surface area contributed by atoms with E-state index in [-0.39, 0.29) is 11.5 Å². The molecular formula is C14H19N3O2. The topological polar surface area (TPSA) is 60.1 Å². The minimum Gasteiger partial charge on any atom is -0.326 e. The van der Waals surface area contributed by atoms with Gasteiger partial charge in [-0.3, -0.25) is 14.8 Å². The van der Waals surface area contributed by atoms with Crippen LogP contribution in [-0.4, -0.2) is 22.7 Å². The summed E-state index contributed by atoms with van der Waals surface area (Å²) in [7, 11) is 0. The molecular weight excluding hydrogens is 242 g/mol.